The van der Waals surface area contributed by atoms with Gasteiger partial charge in [0.25, 0.3) is 0 Å². The highest BCUT2D eigenvalue weighted by Gasteiger charge is 2.40. The van der Waals surface area contributed by atoms with E-state index in [4.69, 9.17) is 27.9 Å². The summed E-state index contributed by atoms with van der Waals surface area (Å²) in [5.41, 5.74) is -1.30. The highest BCUT2D eigenvalue weighted by molar-refractivity contribution is 7.89. The molecule has 1 aliphatic rings. The molecule has 2 atom stereocenters. The maximum absolute atomic E-state index is 13.6. The van der Waals surface area contributed by atoms with Crippen LogP contribution in [0.2, 0.25) is 10.0 Å². The number of benzene rings is 1. The highest BCUT2D eigenvalue weighted by atomic mass is 35.5. The molecule has 2 unspecified atom stereocenters. The van der Waals surface area contributed by atoms with Crippen LogP contribution in [0.4, 0.5) is 4.39 Å². The smallest absolute Gasteiger partial charge is 0.242 e. The van der Waals surface area contributed by atoms with Crippen molar-refractivity contribution in [1.82, 2.24) is 4.72 Å². The minimum absolute atomic E-state index is 0.253. The quantitative estimate of drug-likeness (QED) is 0.807. The van der Waals surface area contributed by atoms with Gasteiger partial charge in [-0.3, -0.25) is 0 Å². The van der Waals surface area contributed by atoms with Crippen molar-refractivity contribution < 1.29 is 22.7 Å². The van der Waals surface area contributed by atoms with E-state index in [9.17, 15) is 17.9 Å². The predicted octanol–water partition coefficient (Wildman–Crippen LogP) is 1.95. The summed E-state index contributed by atoms with van der Waals surface area (Å²) in [6, 6.07) is 2.21. The van der Waals surface area contributed by atoms with Crippen LogP contribution < -0.4 is 4.72 Å². The second-order valence-corrected chi connectivity index (χ2v) is 7.39. The molecular formula is C12H14Cl2FNO4S. The Morgan fingerprint density at radius 1 is 1.52 bits per heavy atom. The lowest BCUT2D eigenvalue weighted by atomic mass is 9.97. The fourth-order valence-corrected chi connectivity index (χ4v) is 3.86. The minimum atomic E-state index is -4.08. The minimum Gasteiger partial charge on any atom is -0.386 e. The van der Waals surface area contributed by atoms with Gasteiger partial charge in [-0.15, -0.1) is 0 Å². The Bertz CT molecular complexity index is 655. The van der Waals surface area contributed by atoms with E-state index in [1.165, 1.54) is 0 Å². The zero-order chi connectivity index (χ0) is 15.8. The van der Waals surface area contributed by atoms with Gasteiger partial charge in [0, 0.05) is 19.6 Å². The molecular weight excluding hydrogens is 344 g/mol. The van der Waals surface area contributed by atoms with E-state index in [0.717, 1.165) is 12.1 Å². The number of rotatable bonds is 4. The van der Waals surface area contributed by atoms with Gasteiger partial charge in [-0.25, -0.2) is 17.5 Å². The Balaban J connectivity index is 2.22. The molecule has 2 rings (SSSR count). The van der Waals surface area contributed by atoms with Crippen LogP contribution in [0, 0.1) is 5.82 Å². The van der Waals surface area contributed by atoms with E-state index in [2.05, 4.69) is 4.72 Å². The van der Waals surface area contributed by atoms with Crippen molar-refractivity contribution in [2.75, 3.05) is 13.2 Å². The first-order chi connectivity index (χ1) is 9.67. The number of ether oxygens (including phenoxy) is 1. The first-order valence-corrected chi connectivity index (χ1v) is 8.38. The average Bonchev–Trinajstić information content (AvgIpc) is 2.74. The topological polar surface area (TPSA) is 75.6 Å². The molecule has 1 heterocycles. The second kappa shape index (κ2) is 5.98. The zero-order valence-electron chi connectivity index (χ0n) is 11.1. The Hall–Kier alpha value is -0.440. The molecule has 0 spiro atoms. The largest absolute Gasteiger partial charge is 0.386 e. The average molecular weight is 358 g/mol. The third-order valence-electron chi connectivity index (χ3n) is 3.52. The fraction of sp³-hybridized carbons (Fsp3) is 0.500. The lowest BCUT2D eigenvalue weighted by Crippen LogP contribution is -2.47. The lowest BCUT2D eigenvalue weighted by Gasteiger charge is -2.26. The second-order valence-electron chi connectivity index (χ2n) is 4.86. The van der Waals surface area contributed by atoms with Crippen molar-refractivity contribution in [1.29, 1.82) is 0 Å². The number of halogens is 3. The van der Waals surface area contributed by atoms with Crippen LogP contribution in [0.1, 0.15) is 13.3 Å². The number of nitrogens with one attached hydrogen (secondary N) is 1. The van der Waals surface area contributed by atoms with E-state index >= 15 is 0 Å². The Morgan fingerprint density at radius 2 is 2.19 bits per heavy atom. The molecule has 21 heavy (non-hydrogen) atoms. The monoisotopic (exact) mass is 357 g/mol. The van der Waals surface area contributed by atoms with Crippen molar-refractivity contribution in [3.05, 3.63) is 28.0 Å². The SMILES string of the molecule is CC1OCCC1(O)CNS(=O)(=O)c1ccc(Cl)c(F)c1Cl. The van der Waals surface area contributed by atoms with E-state index < -0.39 is 37.5 Å². The van der Waals surface area contributed by atoms with Crippen molar-refractivity contribution in [2.45, 2.75) is 29.9 Å². The summed E-state index contributed by atoms with van der Waals surface area (Å²) < 4.78 is 45.3. The van der Waals surface area contributed by atoms with Gasteiger partial charge in [-0.05, 0) is 19.1 Å². The number of sulfonamides is 1. The third kappa shape index (κ3) is 3.33. The molecule has 1 fully saturated rings. The third-order valence-corrected chi connectivity index (χ3v) is 5.73. The van der Waals surface area contributed by atoms with Crippen molar-refractivity contribution in [2.24, 2.45) is 0 Å². The van der Waals surface area contributed by atoms with Crippen LogP contribution in [0.25, 0.3) is 0 Å². The summed E-state index contributed by atoms with van der Waals surface area (Å²) in [5.74, 6) is -1.00. The summed E-state index contributed by atoms with van der Waals surface area (Å²) in [5, 5.41) is 9.40. The Morgan fingerprint density at radius 3 is 2.76 bits per heavy atom. The molecule has 1 saturated heterocycles. The van der Waals surface area contributed by atoms with Gasteiger partial charge < -0.3 is 9.84 Å². The number of hydrogen-bond acceptors (Lipinski definition) is 4. The van der Waals surface area contributed by atoms with Gasteiger partial charge in [0.15, 0.2) is 5.82 Å². The molecule has 0 radical (unpaired) electrons. The molecule has 0 amide bonds. The Kier molecular flexibility index (Phi) is 4.82. The van der Waals surface area contributed by atoms with Gasteiger partial charge in [0.1, 0.15) is 10.5 Å². The molecule has 1 aromatic rings. The first kappa shape index (κ1) is 16.9. The van der Waals surface area contributed by atoms with Crippen LogP contribution in [0.3, 0.4) is 0 Å². The predicted molar refractivity (Wildman–Crippen MR) is 76.6 cm³/mol. The molecule has 2 N–H and O–H groups in total. The summed E-state index contributed by atoms with van der Waals surface area (Å²) in [4.78, 5) is -0.429. The van der Waals surface area contributed by atoms with Gasteiger partial charge in [0.05, 0.1) is 16.1 Å². The summed E-state index contributed by atoms with van der Waals surface area (Å²) in [6.07, 6.45) is -0.197. The van der Waals surface area contributed by atoms with Gasteiger partial charge in [-0.2, -0.15) is 0 Å². The first-order valence-electron chi connectivity index (χ1n) is 6.14. The van der Waals surface area contributed by atoms with E-state index in [0.29, 0.717) is 13.0 Å². The molecule has 1 aromatic carbocycles. The van der Waals surface area contributed by atoms with Crippen LogP contribution >= 0.6 is 23.2 Å². The lowest BCUT2D eigenvalue weighted by molar-refractivity contribution is -0.0228. The molecule has 118 valence electrons. The molecule has 5 nitrogen and oxygen atoms in total. The van der Waals surface area contributed by atoms with Gasteiger partial charge >= 0.3 is 0 Å². The van der Waals surface area contributed by atoms with E-state index in [1.807, 2.05) is 0 Å². The maximum atomic E-state index is 13.6. The molecule has 1 aliphatic heterocycles. The molecule has 0 saturated carbocycles. The zero-order valence-corrected chi connectivity index (χ0v) is 13.4. The van der Waals surface area contributed by atoms with Gasteiger partial charge in [0.2, 0.25) is 10.0 Å². The van der Waals surface area contributed by atoms with Crippen LogP contribution in [0.5, 0.6) is 0 Å². The summed E-state index contributed by atoms with van der Waals surface area (Å²) >= 11 is 11.2. The van der Waals surface area contributed by atoms with Crippen molar-refractivity contribution >= 4 is 33.2 Å². The standard InChI is InChI=1S/C12H14Cl2FNO4S/c1-7-12(17,4-5-20-7)6-16-21(18,19)9-3-2-8(13)11(15)10(9)14/h2-3,7,16-17H,4-6H2,1H3. The maximum Gasteiger partial charge on any atom is 0.242 e. The van der Waals surface area contributed by atoms with Crippen molar-refractivity contribution in [3.8, 4) is 0 Å². The molecule has 0 aliphatic carbocycles. The van der Waals surface area contributed by atoms with Crippen LogP contribution in [-0.4, -0.2) is 38.4 Å². The normalized spacial score (nSPS) is 26.2. The molecule has 0 aromatic heterocycles. The van der Waals surface area contributed by atoms with E-state index in [1.54, 1.807) is 6.92 Å². The number of hydrogen-bond donors (Lipinski definition) is 2. The van der Waals surface area contributed by atoms with Crippen molar-refractivity contribution in [3.63, 3.8) is 0 Å². The summed E-state index contributed by atoms with van der Waals surface area (Å²) in [7, 11) is -4.08. The molecule has 0 bridgehead atoms. The van der Waals surface area contributed by atoms with Crippen LogP contribution in [0.15, 0.2) is 17.0 Å². The van der Waals surface area contributed by atoms with Crippen LogP contribution in [-0.2, 0) is 14.8 Å². The van der Waals surface area contributed by atoms with Gasteiger partial charge in [-0.1, -0.05) is 23.2 Å². The number of aliphatic hydroxyl groups is 1. The fourth-order valence-electron chi connectivity index (χ4n) is 2.02. The highest BCUT2D eigenvalue weighted by Crippen LogP contribution is 2.30. The molecule has 9 heteroatoms. The summed E-state index contributed by atoms with van der Waals surface area (Å²) in [6.45, 7) is 1.74. The Labute approximate surface area is 132 Å². The van der Waals surface area contributed by atoms with E-state index in [-0.39, 0.29) is 11.6 Å².